The second kappa shape index (κ2) is 5.41. The minimum atomic E-state index is -3.72. The van der Waals surface area contributed by atoms with Gasteiger partial charge in [-0.3, -0.25) is 9.69 Å². The van der Waals surface area contributed by atoms with Crippen molar-refractivity contribution in [2.45, 2.75) is 16.7 Å². The number of rotatable bonds is 5. The van der Waals surface area contributed by atoms with Crippen molar-refractivity contribution >= 4 is 33.7 Å². The van der Waals surface area contributed by atoms with Crippen molar-refractivity contribution < 1.29 is 23.1 Å². The van der Waals surface area contributed by atoms with Crippen molar-refractivity contribution in [2.75, 3.05) is 6.54 Å². The summed E-state index contributed by atoms with van der Waals surface area (Å²) >= 11 is 1.21. The first-order valence-electron chi connectivity index (χ1n) is 6.40. The molecule has 3 rings (SSSR count). The molecule has 116 valence electrons. The summed E-state index contributed by atoms with van der Waals surface area (Å²) < 4.78 is 26.7. The number of fused-ring (bicyclic) bond motifs is 1. The number of carboxylic acids is 1. The number of nitrogens with zero attached hydrogens (tertiary/aromatic N) is 1. The van der Waals surface area contributed by atoms with Crippen molar-refractivity contribution in [2.24, 2.45) is 0 Å². The largest absolute Gasteiger partial charge is 0.477 e. The Morgan fingerprint density at radius 2 is 2.05 bits per heavy atom. The van der Waals surface area contributed by atoms with Crippen molar-refractivity contribution in [3.8, 4) is 0 Å². The number of carbonyl (C=O) groups excluding carboxylic acids is 1. The SMILES string of the molecule is O=C(O)C1=C(CNS(=O)(=O)c2ccccc2)S[C@@H]2CC(=O)N12. The molecule has 0 spiro atoms. The van der Waals surface area contributed by atoms with Crippen LogP contribution in [0.2, 0.25) is 0 Å². The third kappa shape index (κ3) is 2.51. The van der Waals surface area contributed by atoms with Gasteiger partial charge in [-0.25, -0.2) is 17.9 Å². The van der Waals surface area contributed by atoms with E-state index in [-0.39, 0.29) is 34.8 Å². The zero-order valence-corrected chi connectivity index (χ0v) is 12.9. The molecule has 2 heterocycles. The van der Waals surface area contributed by atoms with E-state index in [1.807, 2.05) is 0 Å². The highest BCUT2D eigenvalue weighted by Gasteiger charge is 2.48. The molecule has 0 aliphatic carbocycles. The summed E-state index contributed by atoms with van der Waals surface area (Å²) in [6.07, 6.45) is 0.274. The number of carbonyl (C=O) groups is 2. The molecule has 0 unspecified atom stereocenters. The Hall–Kier alpha value is -1.84. The molecule has 1 amide bonds. The number of hydrogen-bond donors (Lipinski definition) is 2. The first kappa shape index (κ1) is 15.1. The predicted molar refractivity (Wildman–Crippen MR) is 79.1 cm³/mol. The molecule has 2 aliphatic heterocycles. The van der Waals surface area contributed by atoms with Gasteiger partial charge in [0.2, 0.25) is 15.9 Å². The van der Waals surface area contributed by atoms with Crippen LogP contribution >= 0.6 is 11.8 Å². The van der Waals surface area contributed by atoms with Crippen LogP contribution < -0.4 is 4.72 Å². The van der Waals surface area contributed by atoms with Gasteiger partial charge in [-0.15, -0.1) is 11.8 Å². The van der Waals surface area contributed by atoms with E-state index in [0.29, 0.717) is 4.91 Å². The molecule has 7 nitrogen and oxygen atoms in total. The van der Waals surface area contributed by atoms with Gasteiger partial charge in [0.15, 0.2) is 0 Å². The van der Waals surface area contributed by atoms with Crippen LogP contribution in [0.4, 0.5) is 0 Å². The standard InChI is InChI=1S/C13H12N2O5S2/c16-10-6-11-15(10)12(13(17)18)9(21-11)7-14-22(19,20)8-4-2-1-3-5-8/h1-5,11,14H,6-7H2,(H,17,18)/t11-/m1/s1. The van der Waals surface area contributed by atoms with Gasteiger partial charge in [0.1, 0.15) is 5.70 Å². The van der Waals surface area contributed by atoms with Crippen molar-refractivity contribution in [3.05, 3.63) is 40.9 Å². The van der Waals surface area contributed by atoms with Crippen LogP contribution in [0, 0.1) is 0 Å². The van der Waals surface area contributed by atoms with Crippen LogP contribution in [0.25, 0.3) is 0 Å². The van der Waals surface area contributed by atoms with E-state index < -0.39 is 16.0 Å². The maximum atomic E-state index is 12.1. The molecule has 1 aromatic rings. The molecule has 0 saturated carbocycles. The average Bonchev–Trinajstić information content (AvgIpc) is 2.79. The monoisotopic (exact) mass is 340 g/mol. The van der Waals surface area contributed by atoms with E-state index >= 15 is 0 Å². The molecule has 0 radical (unpaired) electrons. The molecule has 2 aliphatic rings. The Morgan fingerprint density at radius 3 is 2.64 bits per heavy atom. The fourth-order valence-corrected chi connectivity index (χ4v) is 4.74. The highest BCUT2D eigenvalue weighted by molar-refractivity contribution is 8.04. The van der Waals surface area contributed by atoms with E-state index in [9.17, 15) is 23.1 Å². The van der Waals surface area contributed by atoms with Gasteiger partial charge in [-0.1, -0.05) is 18.2 Å². The smallest absolute Gasteiger partial charge is 0.353 e. The Kier molecular flexibility index (Phi) is 3.71. The Balaban J connectivity index is 1.80. The summed E-state index contributed by atoms with van der Waals surface area (Å²) in [4.78, 5) is 24.4. The van der Waals surface area contributed by atoms with Gasteiger partial charge in [0.25, 0.3) is 0 Å². The lowest BCUT2D eigenvalue weighted by molar-refractivity contribution is -0.145. The highest BCUT2D eigenvalue weighted by atomic mass is 32.2. The van der Waals surface area contributed by atoms with Crippen molar-refractivity contribution in [3.63, 3.8) is 0 Å². The quantitative estimate of drug-likeness (QED) is 0.760. The number of benzene rings is 1. The van der Waals surface area contributed by atoms with E-state index in [2.05, 4.69) is 4.72 Å². The maximum absolute atomic E-state index is 12.1. The second-order valence-electron chi connectivity index (χ2n) is 4.75. The Morgan fingerprint density at radius 1 is 1.36 bits per heavy atom. The molecular formula is C13H12N2O5S2. The number of nitrogens with one attached hydrogen (secondary N) is 1. The highest BCUT2D eigenvalue weighted by Crippen LogP contribution is 2.45. The van der Waals surface area contributed by atoms with Gasteiger partial charge in [-0.2, -0.15) is 0 Å². The molecular weight excluding hydrogens is 328 g/mol. The van der Waals surface area contributed by atoms with Crippen molar-refractivity contribution in [1.29, 1.82) is 0 Å². The molecule has 1 saturated heterocycles. The molecule has 0 bridgehead atoms. The Labute approximate surface area is 131 Å². The molecule has 1 aromatic carbocycles. The number of β-lactam (4-membered cyclic amide) rings is 1. The fraction of sp³-hybridized carbons (Fsp3) is 0.231. The lowest BCUT2D eigenvalue weighted by Gasteiger charge is -2.33. The lowest BCUT2D eigenvalue weighted by Crippen LogP contribution is -2.48. The van der Waals surface area contributed by atoms with Crippen LogP contribution in [0.15, 0.2) is 45.8 Å². The molecule has 0 aromatic heterocycles. The van der Waals surface area contributed by atoms with E-state index in [4.69, 9.17) is 0 Å². The first-order chi connectivity index (χ1) is 10.4. The Bertz CT molecular complexity index is 773. The average molecular weight is 340 g/mol. The summed E-state index contributed by atoms with van der Waals surface area (Å²) in [6, 6.07) is 7.81. The maximum Gasteiger partial charge on any atom is 0.353 e. The number of hydrogen-bond acceptors (Lipinski definition) is 5. The summed E-state index contributed by atoms with van der Waals surface area (Å²) in [5, 5.41) is 9.00. The van der Waals surface area contributed by atoms with Crippen LogP contribution in [-0.2, 0) is 19.6 Å². The number of thioether (sulfide) groups is 1. The van der Waals surface area contributed by atoms with Gasteiger partial charge in [0.05, 0.1) is 16.7 Å². The minimum Gasteiger partial charge on any atom is -0.477 e. The van der Waals surface area contributed by atoms with E-state index in [1.54, 1.807) is 18.2 Å². The normalized spacial score (nSPS) is 20.8. The third-order valence-electron chi connectivity index (χ3n) is 3.37. The number of amides is 1. The summed E-state index contributed by atoms with van der Waals surface area (Å²) in [5.41, 5.74) is -0.123. The van der Waals surface area contributed by atoms with Crippen LogP contribution in [-0.4, -0.2) is 42.2 Å². The zero-order chi connectivity index (χ0) is 15.9. The van der Waals surface area contributed by atoms with Gasteiger partial charge in [0, 0.05) is 11.4 Å². The second-order valence-corrected chi connectivity index (χ2v) is 7.79. The molecule has 2 N–H and O–H groups in total. The fourth-order valence-electron chi connectivity index (χ4n) is 2.30. The minimum absolute atomic E-state index is 0.106. The van der Waals surface area contributed by atoms with E-state index in [0.717, 1.165) is 0 Å². The first-order valence-corrected chi connectivity index (χ1v) is 8.76. The number of sulfonamides is 1. The zero-order valence-electron chi connectivity index (χ0n) is 11.2. The van der Waals surface area contributed by atoms with E-state index in [1.165, 1.54) is 28.8 Å². The van der Waals surface area contributed by atoms with Gasteiger partial charge in [-0.05, 0) is 12.1 Å². The molecule has 1 atom stereocenters. The van der Waals surface area contributed by atoms with Crippen LogP contribution in [0.5, 0.6) is 0 Å². The van der Waals surface area contributed by atoms with Crippen LogP contribution in [0.1, 0.15) is 6.42 Å². The summed E-state index contributed by atoms with van der Waals surface area (Å²) in [5.74, 6) is -1.48. The number of carboxylic acid groups (broad SMARTS) is 1. The molecule has 1 fully saturated rings. The molecule has 22 heavy (non-hydrogen) atoms. The van der Waals surface area contributed by atoms with Gasteiger partial charge >= 0.3 is 5.97 Å². The van der Waals surface area contributed by atoms with Gasteiger partial charge < -0.3 is 5.11 Å². The third-order valence-corrected chi connectivity index (χ3v) is 6.06. The summed E-state index contributed by atoms with van der Waals surface area (Å²) in [6.45, 7) is -0.149. The van der Waals surface area contributed by atoms with Crippen LogP contribution in [0.3, 0.4) is 0 Å². The lowest BCUT2D eigenvalue weighted by atomic mass is 10.1. The topological polar surface area (TPSA) is 104 Å². The number of aliphatic carboxylic acids is 1. The predicted octanol–water partition coefficient (Wildman–Crippen LogP) is 0.566. The van der Waals surface area contributed by atoms with Crippen molar-refractivity contribution in [1.82, 2.24) is 9.62 Å². The molecule has 9 heteroatoms. The summed E-state index contributed by atoms with van der Waals surface area (Å²) in [7, 11) is -3.72.